The second-order valence-electron chi connectivity index (χ2n) is 5.77. The Balaban J connectivity index is 0.00000161. The van der Waals surface area contributed by atoms with E-state index in [1.807, 2.05) is 6.20 Å². The first kappa shape index (κ1) is 16.3. The summed E-state index contributed by atoms with van der Waals surface area (Å²) in [7, 11) is 0. The van der Waals surface area contributed by atoms with Gasteiger partial charge in [-0.1, -0.05) is 32.0 Å². The molecule has 3 nitrogen and oxygen atoms in total. The van der Waals surface area contributed by atoms with Crippen LogP contribution in [0.2, 0.25) is 0 Å². The van der Waals surface area contributed by atoms with Crippen molar-refractivity contribution in [2.24, 2.45) is 0 Å². The minimum atomic E-state index is 0. The first-order valence-electron chi connectivity index (χ1n) is 7.16. The van der Waals surface area contributed by atoms with E-state index in [9.17, 15) is 0 Å². The van der Waals surface area contributed by atoms with Crippen LogP contribution >= 0.6 is 23.7 Å². The molecule has 0 unspecified atom stereocenters. The van der Waals surface area contributed by atoms with Crippen molar-refractivity contribution in [2.45, 2.75) is 39.3 Å². The van der Waals surface area contributed by atoms with Gasteiger partial charge in [-0.3, -0.25) is 4.90 Å². The van der Waals surface area contributed by atoms with Crippen molar-refractivity contribution in [2.75, 3.05) is 12.3 Å². The van der Waals surface area contributed by atoms with Gasteiger partial charge in [0.05, 0.1) is 0 Å². The molecule has 0 atom stereocenters. The monoisotopic (exact) mass is 323 g/mol. The molecule has 1 aromatic heterocycles. The molecule has 0 fully saturated rings. The number of rotatable bonds is 3. The normalized spacial score (nSPS) is 14.8. The first-order chi connectivity index (χ1) is 9.63. The van der Waals surface area contributed by atoms with Gasteiger partial charge in [0.25, 0.3) is 0 Å². The maximum absolute atomic E-state index is 5.70. The van der Waals surface area contributed by atoms with Gasteiger partial charge in [0, 0.05) is 30.7 Å². The van der Waals surface area contributed by atoms with Crippen LogP contribution in [0.15, 0.2) is 24.4 Å². The fourth-order valence-corrected chi connectivity index (χ4v) is 3.72. The summed E-state index contributed by atoms with van der Waals surface area (Å²) >= 11 is 1.60. The van der Waals surface area contributed by atoms with Crippen molar-refractivity contribution >= 4 is 28.9 Å². The van der Waals surface area contributed by atoms with Crippen molar-refractivity contribution in [3.63, 3.8) is 0 Å². The Labute approximate surface area is 136 Å². The molecule has 3 rings (SSSR count). The van der Waals surface area contributed by atoms with E-state index >= 15 is 0 Å². The van der Waals surface area contributed by atoms with Crippen molar-refractivity contribution in [1.29, 1.82) is 0 Å². The number of aromatic nitrogens is 1. The van der Waals surface area contributed by atoms with Crippen LogP contribution in [0, 0.1) is 0 Å². The molecule has 0 aliphatic carbocycles. The highest BCUT2D eigenvalue weighted by Crippen LogP contribution is 2.28. The maximum atomic E-state index is 5.70. The average Bonchev–Trinajstić information content (AvgIpc) is 2.83. The predicted molar refractivity (Wildman–Crippen MR) is 92.1 cm³/mol. The number of hydrogen-bond donors (Lipinski definition) is 1. The zero-order chi connectivity index (χ0) is 14.1. The number of nitrogen functional groups attached to an aromatic ring is 1. The van der Waals surface area contributed by atoms with E-state index in [2.05, 4.69) is 41.9 Å². The van der Waals surface area contributed by atoms with Gasteiger partial charge in [-0.25, -0.2) is 4.98 Å². The molecular weight excluding hydrogens is 302 g/mol. The predicted octanol–water partition coefficient (Wildman–Crippen LogP) is 3.83. The number of nitrogens with zero attached hydrogens (tertiary/aromatic N) is 2. The summed E-state index contributed by atoms with van der Waals surface area (Å²) in [5.74, 6) is 0.609. The quantitative estimate of drug-likeness (QED) is 0.933. The number of hydrogen-bond acceptors (Lipinski definition) is 4. The fraction of sp³-hybridized carbons (Fsp3) is 0.438. The summed E-state index contributed by atoms with van der Waals surface area (Å²) in [6, 6.07) is 6.75. The van der Waals surface area contributed by atoms with Gasteiger partial charge < -0.3 is 5.73 Å². The van der Waals surface area contributed by atoms with Gasteiger partial charge in [0.2, 0.25) is 0 Å². The standard InChI is InChI=1S/C16H21N3S.ClH/c1-11(2)14-5-3-4-12-9-19(7-6-15(12)14)10-13-8-18-16(17)20-13;/h3-5,8,11H,6-7,9-10H2,1-2H3,(H2,17,18);1H. The lowest BCUT2D eigenvalue weighted by atomic mass is 9.89. The van der Waals surface area contributed by atoms with E-state index in [-0.39, 0.29) is 12.4 Å². The molecule has 0 saturated carbocycles. The van der Waals surface area contributed by atoms with Crippen LogP contribution in [-0.2, 0) is 19.5 Å². The summed E-state index contributed by atoms with van der Waals surface area (Å²) < 4.78 is 0. The minimum Gasteiger partial charge on any atom is -0.375 e. The van der Waals surface area contributed by atoms with E-state index in [4.69, 9.17) is 5.73 Å². The highest BCUT2D eigenvalue weighted by atomic mass is 35.5. The average molecular weight is 324 g/mol. The largest absolute Gasteiger partial charge is 0.375 e. The zero-order valence-corrected chi connectivity index (χ0v) is 14.1. The van der Waals surface area contributed by atoms with Crippen LogP contribution < -0.4 is 5.73 Å². The number of nitrogens with two attached hydrogens (primary N) is 1. The molecule has 2 N–H and O–H groups in total. The van der Waals surface area contributed by atoms with Crippen molar-refractivity contribution < 1.29 is 0 Å². The number of halogens is 1. The van der Waals surface area contributed by atoms with Crippen LogP contribution in [-0.4, -0.2) is 16.4 Å². The maximum Gasteiger partial charge on any atom is 0.180 e. The number of fused-ring (bicyclic) bond motifs is 1. The molecule has 1 aliphatic heterocycles. The molecule has 114 valence electrons. The third-order valence-electron chi connectivity index (χ3n) is 3.95. The van der Waals surface area contributed by atoms with Gasteiger partial charge in [0.1, 0.15) is 0 Å². The Bertz CT molecular complexity index is 609. The molecule has 0 spiro atoms. The minimum absolute atomic E-state index is 0. The summed E-state index contributed by atoms with van der Waals surface area (Å²) in [5, 5.41) is 0.666. The molecule has 0 bridgehead atoms. The van der Waals surface area contributed by atoms with Gasteiger partial charge in [-0.05, 0) is 29.0 Å². The molecule has 2 aromatic rings. The van der Waals surface area contributed by atoms with Crippen LogP contribution in [0.1, 0.15) is 41.3 Å². The lowest BCUT2D eigenvalue weighted by Gasteiger charge is -2.30. The van der Waals surface area contributed by atoms with Gasteiger partial charge in [-0.2, -0.15) is 0 Å². The summed E-state index contributed by atoms with van der Waals surface area (Å²) in [4.78, 5) is 7.87. The Morgan fingerprint density at radius 1 is 1.38 bits per heavy atom. The van der Waals surface area contributed by atoms with Crippen LogP contribution in [0.3, 0.4) is 0 Å². The smallest absolute Gasteiger partial charge is 0.180 e. The molecular formula is C16H22ClN3S. The van der Waals surface area contributed by atoms with Crippen LogP contribution in [0.5, 0.6) is 0 Å². The van der Waals surface area contributed by atoms with Crippen molar-refractivity contribution in [3.8, 4) is 0 Å². The third-order valence-corrected chi connectivity index (χ3v) is 4.77. The van der Waals surface area contributed by atoms with E-state index in [1.54, 1.807) is 16.9 Å². The highest BCUT2D eigenvalue weighted by Gasteiger charge is 2.20. The molecule has 1 aromatic carbocycles. The van der Waals surface area contributed by atoms with Gasteiger partial charge in [0.15, 0.2) is 5.13 Å². The second-order valence-corrected chi connectivity index (χ2v) is 6.91. The Morgan fingerprint density at radius 2 is 2.19 bits per heavy atom. The molecule has 5 heteroatoms. The lowest BCUT2D eigenvalue weighted by molar-refractivity contribution is 0.247. The molecule has 0 saturated heterocycles. The van der Waals surface area contributed by atoms with Crippen LogP contribution in [0.4, 0.5) is 5.13 Å². The Morgan fingerprint density at radius 3 is 2.86 bits per heavy atom. The number of anilines is 1. The topological polar surface area (TPSA) is 42.2 Å². The molecule has 0 radical (unpaired) electrons. The number of thiazole rings is 1. The number of benzene rings is 1. The molecule has 0 amide bonds. The third kappa shape index (κ3) is 3.57. The zero-order valence-electron chi connectivity index (χ0n) is 12.5. The summed E-state index contributed by atoms with van der Waals surface area (Å²) in [6.45, 7) is 7.67. The van der Waals surface area contributed by atoms with Gasteiger partial charge in [-0.15, -0.1) is 23.7 Å². The van der Waals surface area contributed by atoms with E-state index in [1.165, 1.54) is 16.0 Å². The van der Waals surface area contributed by atoms with E-state index in [0.29, 0.717) is 11.0 Å². The highest BCUT2D eigenvalue weighted by molar-refractivity contribution is 7.15. The van der Waals surface area contributed by atoms with Crippen LogP contribution in [0.25, 0.3) is 0 Å². The second kappa shape index (κ2) is 6.77. The first-order valence-corrected chi connectivity index (χ1v) is 7.98. The van der Waals surface area contributed by atoms with Crippen molar-refractivity contribution in [1.82, 2.24) is 9.88 Å². The van der Waals surface area contributed by atoms with Gasteiger partial charge >= 0.3 is 0 Å². The molecule has 1 aliphatic rings. The SMILES string of the molecule is CC(C)c1cccc2c1CCN(Cc1cnc(N)s1)C2.Cl. The lowest BCUT2D eigenvalue weighted by Crippen LogP contribution is -2.30. The fourth-order valence-electron chi connectivity index (χ4n) is 2.99. The van der Waals surface area contributed by atoms with Crippen molar-refractivity contribution in [3.05, 3.63) is 46.0 Å². The summed E-state index contributed by atoms with van der Waals surface area (Å²) in [6.07, 6.45) is 3.05. The van der Waals surface area contributed by atoms with E-state index in [0.717, 1.165) is 26.1 Å². The molecule has 21 heavy (non-hydrogen) atoms. The Hall–Kier alpha value is -1.10. The molecule has 2 heterocycles. The Kier molecular flexibility index (Phi) is 5.25. The van der Waals surface area contributed by atoms with E-state index < -0.39 is 0 Å². The summed E-state index contributed by atoms with van der Waals surface area (Å²) in [5.41, 5.74) is 10.3.